The highest BCUT2D eigenvalue weighted by atomic mass is 127. The zero-order valence-electron chi connectivity index (χ0n) is 9.17. The number of hydrogen-bond donors (Lipinski definition) is 2. The van der Waals surface area contributed by atoms with Gasteiger partial charge in [0, 0.05) is 9.13 Å². The minimum Gasteiger partial charge on any atom is -0.480 e. The third-order valence-corrected chi connectivity index (χ3v) is 2.68. The molecule has 0 radical (unpaired) electrons. The molecule has 7 heteroatoms. The molecule has 1 rings (SSSR count). The van der Waals surface area contributed by atoms with Gasteiger partial charge in [-0.25, -0.2) is 0 Å². The smallest absolute Gasteiger partial charge is 0.323 e. The molecule has 0 aliphatic carbocycles. The van der Waals surface area contributed by atoms with Crippen LogP contribution < -0.4 is 0 Å². The summed E-state index contributed by atoms with van der Waals surface area (Å²) < 4.78 is 0.809. The van der Waals surface area contributed by atoms with Gasteiger partial charge in [-0.3, -0.25) is 14.4 Å². The molecular formula is C11H10INO5. The van der Waals surface area contributed by atoms with E-state index in [2.05, 4.69) is 0 Å². The number of aliphatic carboxylic acids is 2. The van der Waals surface area contributed by atoms with Crippen molar-refractivity contribution in [1.29, 1.82) is 0 Å². The standard InChI is InChI=1S/C11H10INO5/c12-8-3-1-2-7(4-8)11(18)13(5-9(14)15)6-10(16)17/h1-4H,5-6H2,(H,14,15)(H,16,17). The topological polar surface area (TPSA) is 94.9 Å². The molecule has 0 saturated heterocycles. The molecule has 0 atom stereocenters. The van der Waals surface area contributed by atoms with E-state index in [4.69, 9.17) is 10.2 Å². The molecule has 2 N–H and O–H groups in total. The van der Waals surface area contributed by atoms with Crippen molar-refractivity contribution in [3.05, 3.63) is 33.4 Å². The van der Waals surface area contributed by atoms with Gasteiger partial charge in [0.1, 0.15) is 13.1 Å². The van der Waals surface area contributed by atoms with Crippen molar-refractivity contribution in [1.82, 2.24) is 4.90 Å². The molecule has 18 heavy (non-hydrogen) atoms. The van der Waals surface area contributed by atoms with Gasteiger partial charge in [-0.05, 0) is 40.8 Å². The van der Waals surface area contributed by atoms with Gasteiger partial charge in [-0.2, -0.15) is 0 Å². The Morgan fingerprint density at radius 3 is 2.11 bits per heavy atom. The first kappa shape index (κ1) is 14.4. The molecule has 0 heterocycles. The average molecular weight is 363 g/mol. The lowest BCUT2D eigenvalue weighted by Gasteiger charge is -2.18. The highest BCUT2D eigenvalue weighted by Gasteiger charge is 2.21. The number of carbonyl (C=O) groups is 3. The maximum Gasteiger partial charge on any atom is 0.323 e. The monoisotopic (exact) mass is 363 g/mol. The molecule has 6 nitrogen and oxygen atoms in total. The molecule has 0 aliphatic rings. The Morgan fingerprint density at radius 1 is 1.11 bits per heavy atom. The Bertz CT molecular complexity index is 472. The second-order valence-corrected chi connectivity index (χ2v) is 4.70. The van der Waals surface area contributed by atoms with Crippen LogP contribution in [0.5, 0.6) is 0 Å². The van der Waals surface area contributed by atoms with Crippen LogP contribution in [0, 0.1) is 3.57 Å². The highest BCUT2D eigenvalue weighted by molar-refractivity contribution is 14.1. The summed E-state index contributed by atoms with van der Waals surface area (Å²) in [5.41, 5.74) is 0.268. The number of carboxylic acid groups (broad SMARTS) is 2. The molecule has 1 amide bonds. The third-order valence-electron chi connectivity index (χ3n) is 2.01. The van der Waals surface area contributed by atoms with E-state index in [0.29, 0.717) is 0 Å². The SMILES string of the molecule is O=C(O)CN(CC(=O)O)C(=O)c1cccc(I)c1. The summed E-state index contributed by atoms with van der Waals surface area (Å²) >= 11 is 2.01. The molecule has 0 spiro atoms. The molecule has 0 fully saturated rings. The van der Waals surface area contributed by atoms with Crippen molar-refractivity contribution in [2.45, 2.75) is 0 Å². The minimum atomic E-state index is -1.25. The number of benzene rings is 1. The quantitative estimate of drug-likeness (QED) is 0.759. The Hall–Kier alpha value is -1.64. The van der Waals surface area contributed by atoms with E-state index in [0.717, 1.165) is 8.47 Å². The lowest BCUT2D eigenvalue weighted by Crippen LogP contribution is -2.39. The van der Waals surface area contributed by atoms with E-state index in [-0.39, 0.29) is 5.56 Å². The number of carboxylic acids is 2. The Labute approximate surface area is 116 Å². The van der Waals surface area contributed by atoms with Crippen molar-refractivity contribution >= 4 is 40.4 Å². The summed E-state index contributed by atoms with van der Waals surface area (Å²) in [6.45, 7) is -1.28. The van der Waals surface area contributed by atoms with E-state index in [1.165, 1.54) is 6.07 Å². The van der Waals surface area contributed by atoms with Crippen LogP contribution in [-0.2, 0) is 9.59 Å². The number of nitrogens with zero attached hydrogens (tertiary/aromatic N) is 1. The van der Waals surface area contributed by atoms with Crippen LogP contribution in [-0.4, -0.2) is 46.0 Å². The van der Waals surface area contributed by atoms with Gasteiger partial charge in [0.2, 0.25) is 0 Å². The van der Waals surface area contributed by atoms with Gasteiger partial charge in [0.15, 0.2) is 0 Å². The van der Waals surface area contributed by atoms with Crippen LogP contribution in [0.3, 0.4) is 0 Å². The Balaban J connectivity index is 2.94. The lowest BCUT2D eigenvalue weighted by molar-refractivity contribution is -0.140. The van der Waals surface area contributed by atoms with Crippen molar-refractivity contribution < 1.29 is 24.6 Å². The molecule has 96 valence electrons. The van der Waals surface area contributed by atoms with Gasteiger partial charge >= 0.3 is 11.9 Å². The molecule has 1 aromatic carbocycles. The van der Waals surface area contributed by atoms with Crippen molar-refractivity contribution in [3.8, 4) is 0 Å². The number of amides is 1. The largest absolute Gasteiger partial charge is 0.480 e. The van der Waals surface area contributed by atoms with Gasteiger partial charge in [-0.15, -0.1) is 0 Å². The van der Waals surface area contributed by atoms with Crippen molar-refractivity contribution in [2.75, 3.05) is 13.1 Å². The first-order chi connectivity index (χ1) is 8.40. The molecule has 0 saturated carbocycles. The van der Waals surface area contributed by atoms with Crippen LogP contribution in [0.2, 0.25) is 0 Å². The van der Waals surface area contributed by atoms with Crippen LogP contribution in [0.1, 0.15) is 10.4 Å². The summed E-state index contributed by atoms with van der Waals surface area (Å²) in [6.07, 6.45) is 0. The fraction of sp³-hybridized carbons (Fsp3) is 0.182. The Kier molecular flexibility index (Phi) is 5.08. The lowest BCUT2D eigenvalue weighted by atomic mass is 10.2. The van der Waals surface area contributed by atoms with Crippen LogP contribution in [0.15, 0.2) is 24.3 Å². The minimum absolute atomic E-state index is 0.268. The average Bonchev–Trinajstić information content (AvgIpc) is 2.26. The number of halogens is 1. The summed E-state index contributed by atoms with van der Waals surface area (Å²) in [5.74, 6) is -3.12. The summed E-state index contributed by atoms with van der Waals surface area (Å²) in [4.78, 5) is 33.9. The van der Waals surface area contributed by atoms with Crippen molar-refractivity contribution in [2.24, 2.45) is 0 Å². The predicted octanol–water partition coefficient (Wildman–Crippen LogP) is 0.903. The second-order valence-electron chi connectivity index (χ2n) is 3.46. The predicted molar refractivity (Wildman–Crippen MR) is 70.3 cm³/mol. The number of hydrogen-bond acceptors (Lipinski definition) is 3. The van der Waals surface area contributed by atoms with E-state index in [1.54, 1.807) is 18.2 Å². The number of carbonyl (C=O) groups excluding carboxylic acids is 1. The van der Waals surface area contributed by atoms with E-state index >= 15 is 0 Å². The highest BCUT2D eigenvalue weighted by Crippen LogP contribution is 2.10. The molecule has 0 aliphatic heterocycles. The van der Waals surface area contributed by atoms with Crippen LogP contribution in [0.25, 0.3) is 0 Å². The van der Waals surface area contributed by atoms with Gasteiger partial charge < -0.3 is 15.1 Å². The van der Waals surface area contributed by atoms with Gasteiger partial charge in [-0.1, -0.05) is 6.07 Å². The fourth-order valence-electron chi connectivity index (χ4n) is 1.33. The molecule has 0 unspecified atom stereocenters. The Morgan fingerprint density at radius 2 is 1.67 bits per heavy atom. The molecular weight excluding hydrogens is 353 g/mol. The van der Waals surface area contributed by atoms with Crippen LogP contribution in [0.4, 0.5) is 0 Å². The van der Waals surface area contributed by atoms with Crippen LogP contribution >= 0.6 is 22.6 Å². The van der Waals surface area contributed by atoms with E-state index in [9.17, 15) is 14.4 Å². The normalized spacial score (nSPS) is 9.83. The first-order valence-corrected chi connectivity index (χ1v) is 5.96. The maximum absolute atomic E-state index is 12.0. The molecule has 0 bridgehead atoms. The van der Waals surface area contributed by atoms with Gasteiger partial charge in [0.25, 0.3) is 5.91 Å². The summed E-state index contributed by atoms with van der Waals surface area (Å²) in [7, 11) is 0. The second kappa shape index (κ2) is 6.34. The summed E-state index contributed by atoms with van der Waals surface area (Å²) in [6, 6.07) is 6.51. The molecule has 0 aromatic heterocycles. The fourth-order valence-corrected chi connectivity index (χ4v) is 1.87. The van der Waals surface area contributed by atoms with E-state index < -0.39 is 30.9 Å². The van der Waals surface area contributed by atoms with Gasteiger partial charge in [0.05, 0.1) is 0 Å². The third kappa shape index (κ3) is 4.32. The van der Waals surface area contributed by atoms with E-state index in [1.807, 2.05) is 22.6 Å². The number of rotatable bonds is 5. The zero-order valence-corrected chi connectivity index (χ0v) is 11.3. The van der Waals surface area contributed by atoms with Crippen molar-refractivity contribution in [3.63, 3.8) is 0 Å². The molecule has 1 aromatic rings. The maximum atomic E-state index is 12.0. The summed E-state index contributed by atoms with van der Waals surface area (Å²) in [5, 5.41) is 17.3. The zero-order chi connectivity index (χ0) is 13.7. The first-order valence-electron chi connectivity index (χ1n) is 4.88.